The van der Waals surface area contributed by atoms with Crippen LogP contribution < -0.4 is 10.5 Å². The van der Waals surface area contributed by atoms with Crippen LogP contribution in [0.5, 0.6) is 5.75 Å². The molecule has 1 aliphatic rings. The van der Waals surface area contributed by atoms with Crippen LogP contribution >= 0.6 is 12.4 Å². The van der Waals surface area contributed by atoms with Gasteiger partial charge in [-0.05, 0) is 57.7 Å². The van der Waals surface area contributed by atoms with E-state index >= 15 is 0 Å². The molecule has 0 bridgehead atoms. The van der Waals surface area contributed by atoms with Gasteiger partial charge in [-0.25, -0.2) is 0 Å². The Morgan fingerprint density at radius 3 is 2.41 bits per heavy atom. The normalized spacial score (nSPS) is 20.7. The minimum Gasteiger partial charge on any atom is -0.483 e. The SMILES string of the molecule is Cc1cc(C)c(OCC(=O)N2CC(CN)CC2C)c(C)c1.Cl. The van der Waals surface area contributed by atoms with Gasteiger partial charge in [0.05, 0.1) is 0 Å². The van der Waals surface area contributed by atoms with Gasteiger partial charge >= 0.3 is 0 Å². The summed E-state index contributed by atoms with van der Waals surface area (Å²) in [5, 5.41) is 0. The highest BCUT2D eigenvalue weighted by Crippen LogP contribution is 2.26. The number of rotatable bonds is 4. The Balaban J connectivity index is 0.00000242. The number of nitrogens with two attached hydrogens (primary N) is 1. The summed E-state index contributed by atoms with van der Waals surface area (Å²) in [6.45, 7) is 9.68. The maximum atomic E-state index is 12.3. The molecular weight excluding hydrogens is 300 g/mol. The average Bonchev–Trinajstić information content (AvgIpc) is 2.78. The lowest BCUT2D eigenvalue weighted by atomic mass is 10.1. The summed E-state index contributed by atoms with van der Waals surface area (Å²) in [7, 11) is 0. The second-order valence-electron chi connectivity index (χ2n) is 6.25. The molecule has 124 valence electrons. The zero-order chi connectivity index (χ0) is 15.6. The van der Waals surface area contributed by atoms with E-state index in [1.165, 1.54) is 5.56 Å². The molecule has 0 saturated carbocycles. The van der Waals surface area contributed by atoms with Gasteiger partial charge in [-0.15, -0.1) is 12.4 Å². The number of halogens is 1. The molecule has 0 spiro atoms. The predicted octanol–water partition coefficient (Wildman–Crippen LogP) is 2.61. The Bertz CT molecular complexity index is 510. The smallest absolute Gasteiger partial charge is 0.260 e. The van der Waals surface area contributed by atoms with E-state index in [-0.39, 0.29) is 31.0 Å². The van der Waals surface area contributed by atoms with E-state index in [4.69, 9.17) is 10.5 Å². The zero-order valence-corrected chi connectivity index (χ0v) is 14.7. The summed E-state index contributed by atoms with van der Waals surface area (Å²) in [6.07, 6.45) is 0.991. The Morgan fingerprint density at radius 1 is 1.32 bits per heavy atom. The summed E-state index contributed by atoms with van der Waals surface area (Å²) in [5.41, 5.74) is 9.08. The number of hydrogen-bond acceptors (Lipinski definition) is 3. The fourth-order valence-electron chi connectivity index (χ4n) is 3.27. The molecule has 1 aliphatic heterocycles. The van der Waals surface area contributed by atoms with Crippen molar-refractivity contribution in [1.82, 2.24) is 4.90 Å². The Morgan fingerprint density at radius 2 is 1.91 bits per heavy atom. The highest BCUT2D eigenvalue weighted by Gasteiger charge is 2.31. The third kappa shape index (κ3) is 4.14. The largest absolute Gasteiger partial charge is 0.483 e. The molecule has 0 aromatic heterocycles. The zero-order valence-electron chi connectivity index (χ0n) is 13.9. The van der Waals surface area contributed by atoms with Crippen molar-refractivity contribution >= 4 is 18.3 Å². The maximum absolute atomic E-state index is 12.3. The Labute approximate surface area is 139 Å². The second-order valence-corrected chi connectivity index (χ2v) is 6.25. The summed E-state index contributed by atoms with van der Waals surface area (Å²) in [5.74, 6) is 1.31. The molecule has 22 heavy (non-hydrogen) atoms. The van der Waals surface area contributed by atoms with Crippen molar-refractivity contribution < 1.29 is 9.53 Å². The van der Waals surface area contributed by atoms with Gasteiger partial charge < -0.3 is 15.4 Å². The van der Waals surface area contributed by atoms with Crippen molar-refractivity contribution in [2.24, 2.45) is 11.7 Å². The first-order valence-electron chi connectivity index (χ1n) is 7.62. The number of carbonyl (C=O) groups excluding carboxylic acids is 1. The maximum Gasteiger partial charge on any atom is 0.260 e. The third-order valence-electron chi connectivity index (χ3n) is 4.26. The standard InChI is InChI=1S/C17H26N2O2.ClH/c1-11-5-12(2)17(13(3)6-11)21-10-16(20)19-9-15(8-18)7-14(19)4;/h5-6,14-15H,7-10,18H2,1-4H3;1H. The number of hydrogen-bond donors (Lipinski definition) is 1. The van der Waals surface area contributed by atoms with Gasteiger partial charge in [-0.3, -0.25) is 4.79 Å². The van der Waals surface area contributed by atoms with Crippen molar-refractivity contribution in [3.8, 4) is 5.75 Å². The van der Waals surface area contributed by atoms with Crippen molar-refractivity contribution in [2.75, 3.05) is 19.7 Å². The molecule has 1 heterocycles. The Hall–Kier alpha value is -1.26. The number of benzene rings is 1. The highest BCUT2D eigenvalue weighted by atomic mass is 35.5. The van der Waals surface area contributed by atoms with Crippen molar-refractivity contribution in [3.05, 3.63) is 28.8 Å². The molecule has 4 nitrogen and oxygen atoms in total. The van der Waals surface area contributed by atoms with Crippen LogP contribution in [-0.4, -0.2) is 36.5 Å². The minimum absolute atomic E-state index is 0. The van der Waals surface area contributed by atoms with Gasteiger partial charge in [0.2, 0.25) is 0 Å². The number of carbonyl (C=O) groups is 1. The van der Waals surface area contributed by atoms with E-state index < -0.39 is 0 Å². The molecule has 1 amide bonds. The third-order valence-corrected chi connectivity index (χ3v) is 4.26. The van der Waals surface area contributed by atoms with E-state index in [1.54, 1.807) is 0 Å². The molecule has 0 aliphatic carbocycles. The first-order valence-corrected chi connectivity index (χ1v) is 7.62. The van der Waals surface area contributed by atoms with Crippen LogP contribution in [0.4, 0.5) is 0 Å². The molecular formula is C17H27ClN2O2. The second kappa shape index (κ2) is 7.84. The van der Waals surface area contributed by atoms with Gasteiger partial charge in [0.25, 0.3) is 5.91 Å². The molecule has 1 fully saturated rings. The number of ether oxygens (including phenoxy) is 1. The fourth-order valence-corrected chi connectivity index (χ4v) is 3.27. The number of aryl methyl sites for hydroxylation is 3. The van der Waals surface area contributed by atoms with E-state index in [0.717, 1.165) is 29.8 Å². The quantitative estimate of drug-likeness (QED) is 0.925. The van der Waals surface area contributed by atoms with Gasteiger partial charge in [0.15, 0.2) is 6.61 Å². The highest BCUT2D eigenvalue weighted by molar-refractivity contribution is 5.85. The van der Waals surface area contributed by atoms with Crippen LogP contribution in [0.3, 0.4) is 0 Å². The Kier molecular flexibility index (Phi) is 6.69. The molecule has 2 atom stereocenters. The lowest BCUT2D eigenvalue weighted by Gasteiger charge is -2.22. The minimum atomic E-state index is 0. The average molecular weight is 327 g/mol. The van der Waals surface area contributed by atoms with Gasteiger partial charge in [0, 0.05) is 12.6 Å². The topological polar surface area (TPSA) is 55.6 Å². The molecule has 1 aromatic carbocycles. The molecule has 5 heteroatoms. The van der Waals surface area contributed by atoms with Gasteiger partial charge in [-0.1, -0.05) is 17.7 Å². The van der Waals surface area contributed by atoms with Crippen LogP contribution in [0, 0.1) is 26.7 Å². The number of amides is 1. The monoisotopic (exact) mass is 326 g/mol. The molecule has 2 N–H and O–H groups in total. The molecule has 1 aromatic rings. The first kappa shape index (κ1) is 18.8. The number of likely N-dealkylation sites (tertiary alicyclic amines) is 1. The van der Waals surface area contributed by atoms with Crippen molar-refractivity contribution in [1.29, 1.82) is 0 Å². The van der Waals surface area contributed by atoms with Crippen LogP contribution in [0.15, 0.2) is 12.1 Å². The van der Waals surface area contributed by atoms with Crippen LogP contribution in [0.2, 0.25) is 0 Å². The van der Waals surface area contributed by atoms with E-state index in [1.807, 2.05) is 18.7 Å². The summed E-state index contributed by atoms with van der Waals surface area (Å²) in [4.78, 5) is 14.2. The summed E-state index contributed by atoms with van der Waals surface area (Å²) < 4.78 is 5.79. The first-order chi connectivity index (χ1) is 9.92. The molecule has 2 rings (SSSR count). The van der Waals surface area contributed by atoms with Crippen molar-refractivity contribution in [2.45, 2.75) is 40.2 Å². The van der Waals surface area contributed by atoms with Crippen LogP contribution in [0.1, 0.15) is 30.0 Å². The van der Waals surface area contributed by atoms with Crippen molar-refractivity contribution in [3.63, 3.8) is 0 Å². The van der Waals surface area contributed by atoms with Gasteiger partial charge in [-0.2, -0.15) is 0 Å². The van der Waals surface area contributed by atoms with E-state index in [9.17, 15) is 4.79 Å². The van der Waals surface area contributed by atoms with Crippen LogP contribution in [-0.2, 0) is 4.79 Å². The predicted molar refractivity (Wildman–Crippen MR) is 91.7 cm³/mol. The molecule has 0 radical (unpaired) electrons. The van der Waals surface area contributed by atoms with Gasteiger partial charge in [0.1, 0.15) is 5.75 Å². The lowest BCUT2D eigenvalue weighted by molar-refractivity contribution is -0.134. The molecule has 2 unspecified atom stereocenters. The number of nitrogens with zero attached hydrogens (tertiary/aromatic N) is 1. The van der Waals surface area contributed by atoms with E-state index in [2.05, 4.69) is 26.0 Å². The fraction of sp³-hybridized carbons (Fsp3) is 0.588. The summed E-state index contributed by atoms with van der Waals surface area (Å²) in [6, 6.07) is 4.42. The summed E-state index contributed by atoms with van der Waals surface area (Å²) >= 11 is 0. The molecule has 1 saturated heterocycles. The lowest BCUT2D eigenvalue weighted by Crippen LogP contribution is -2.37. The van der Waals surface area contributed by atoms with E-state index in [0.29, 0.717) is 12.5 Å². The van der Waals surface area contributed by atoms with Crippen LogP contribution in [0.25, 0.3) is 0 Å².